The van der Waals surface area contributed by atoms with Crippen LogP contribution in [0.15, 0.2) is 21.5 Å². The highest BCUT2D eigenvalue weighted by molar-refractivity contribution is 9.10. The molecule has 1 aromatic rings. The predicted octanol–water partition coefficient (Wildman–Crippen LogP) is 3.77. The lowest BCUT2D eigenvalue weighted by molar-refractivity contribution is -0.140. The Morgan fingerprint density at radius 3 is 2.36 bits per heavy atom. The molecule has 0 atom stereocenters. The van der Waals surface area contributed by atoms with E-state index in [-0.39, 0.29) is 10.6 Å². The molecule has 0 aliphatic carbocycles. The Balaban J connectivity index is 3.40. The van der Waals surface area contributed by atoms with Crippen LogP contribution in [0.1, 0.15) is 5.56 Å². The van der Waals surface area contributed by atoms with Gasteiger partial charge in [0.1, 0.15) is 11.3 Å². The van der Waals surface area contributed by atoms with Crippen molar-refractivity contribution in [2.75, 3.05) is 7.11 Å². The van der Waals surface area contributed by atoms with Gasteiger partial charge in [0.15, 0.2) is 0 Å². The minimum Gasteiger partial charge on any atom is -0.496 e. The molecule has 1 aromatic carbocycles. The molecule has 78 valence electrons. The first-order chi connectivity index (χ1) is 6.36. The van der Waals surface area contributed by atoms with Gasteiger partial charge in [0, 0.05) is 9.37 Å². The summed E-state index contributed by atoms with van der Waals surface area (Å²) < 4.78 is 42.6. The second kappa shape index (κ2) is 4.02. The van der Waals surface area contributed by atoms with Crippen molar-refractivity contribution in [3.63, 3.8) is 0 Å². The van der Waals surface area contributed by atoms with Gasteiger partial charge < -0.3 is 4.74 Å². The largest absolute Gasteiger partial charge is 0.496 e. The molecule has 0 aliphatic rings. The predicted molar refractivity (Wildman–Crippen MR) is 52.9 cm³/mol. The first-order valence-corrected chi connectivity index (χ1v) is 4.74. The third-order valence-electron chi connectivity index (χ3n) is 1.55. The van der Waals surface area contributed by atoms with Crippen LogP contribution in [0, 0.1) is 0 Å². The quantitative estimate of drug-likeness (QED) is 0.774. The fourth-order valence-corrected chi connectivity index (χ4v) is 2.00. The van der Waals surface area contributed by atoms with Crippen molar-refractivity contribution in [3.05, 3.63) is 22.2 Å². The molecular weight excluding hydrogens is 281 g/mol. The van der Waals surface area contributed by atoms with E-state index in [1.807, 2.05) is 0 Å². The van der Waals surface area contributed by atoms with E-state index in [1.54, 1.807) is 0 Å². The monoisotopic (exact) mass is 286 g/mol. The van der Waals surface area contributed by atoms with Crippen molar-refractivity contribution in [1.82, 2.24) is 0 Å². The molecule has 0 N–H and O–H groups in total. The van der Waals surface area contributed by atoms with Gasteiger partial charge in [-0.05, 0) is 12.1 Å². The van der Waals surface area contributed by atoms with Crippen molar-refractivity contribution in [2.45, 2.75) is 11.1 Å². The number of ether oxygens (including phenoxy) is 1. The zero-order valence-corrected chi connectivity index (χ0v) is 9.50. The first kappa shape index (κ1) is 11.7. The van der Waals surface area contributed by atoms with Gasteiger partial charge >= 0.3 is 6.18 Å². The van der Waals surface area contributed by atoms with E-state index >= 15 is 0 Å². The average molecular weight is 287 g/mol. The van der Waals surface area contributed by atoms with Gasteiger partial charge in [-0.2, -0.15) is 13.2 Å². The number of alkyl halides is 3. The third kappa shape index (κ3) is 2.36. The van der Waals surface area contributed by atoms with E-state index in [2.05, 4.69) is 33.3 Å². The molecule has 1 nitrogen and oxygen atoms in total. The molecule has 0 saturated heterocycles. The molecule has 0 amide bonds. The second-order valence-corrected chi connectivity index (χ2v) is 3.90. The summed E-state index contributed by atoms with van der Waals surface area (Å²) in [5.74, 6) is -0.239. The summed E-state index contributed by atoms with van der Waals surface area (Å²) in [5.41, 5.74) is -0.855. The summed E-state index contributed by atoms with van der Waals surface area (Å²) in [7, 11) is 1.18. The molecule has 0 fully saturated rings. The van der Waals surface area contributed by atoms with Gasteiger partial charge in [-0.25, -0.2) is 0 Å². The lowest BCUT2D eigenvalue weighted by Crippen LogP contribution is -2.08. The SMILES string of the molecule is COc1cc(Br)cc(S)c1C(F)(F)F. The maximum atomic E-state index is 12.5. The standard InChI is InChI=1S/C8H6BrF3OS/c1-13-5-2-4(9)3-6(14)7(5)8(10,11)12/h2-3,14H,1H3. The van der Waals surface area contributed by atoms with Crippen LogP contribution in [0.4, 0.5) is 13.2 Å². The zero-order valence-electron chi connectivity index (χ0n) is 7.02. The fraction of sp³-hybridized carbons (Fsp3) is 0.250. The number of thiol groups is 1. The minimum atomic E-state index is -4.46. The molecule has 0 aromatic heterocycles. The van der Waals surface area contributed by atoms with Crippen LogP contribution >= 0.6 is 28.6 Å². The lowest BCUT2D eigenvalue weighted by Gasteiger charge is -2.14. The molecule has 0 saturated carbocycles. The Bertz CT molecular complexity index is 351. The van der Waals surface area contributed by atoms with Gasteiger partial charge in [0.25, 0.3) is 0 Å². The van der Waals surface area contributed by atoms with Gasteiger partial charge in [0.2, 0.25) is 0 Å². The van der Waals surface area contributed by atoms with E-state index in [9.17, 15) is 13.2 Å². The first-order valence-electron chi connectivity index (χ1n) is 3.50. The van der Waals surface area contributed by atoms with Gasteiger partial charge in [-0.3, -0.25) is 0 Å². The van der Waals surface area contributed by atoms with Gasteiger partial charge in [0.05, 0.1) is 7.11 Å². The summed E-state index contributed by atoms with van der Waals surface area (Å²) in [6.45, 7) is 0. The Kier molecular flexibility index (Phi) is 3.36. The molecule has 0 unspecified atom stereocenters. The maximum absolute atomic E-state index is 12.5. The molecule has 0 bridgehead atoms. The van der Waals surface area contributed by atoms with Crippen LogP contribution in [0.2, 0.25) is 0 Å². The molecule has 0 aliphatic heterocycles. The number of halogens is 4. The molecule has 0 spiro atoms. The number of rotatable bonds is 1. The number of hydrogen-bond donors (Lipinski definition) is 1. The fourth-order valence-electron chi connectivity index (χ4n) is 1.01. The molecule has 0 heterocycles. The maximum Gasteiger partial charge on any atom is 0.421 e. The Hall–Kier alpha value is -0.360. The van der Waals surface area contributed by atoms with Crippen LogP contribution in [0.3, 0.4) is 0 Å². The number of methoxy groups -OCH3 is 1. The molecular formula is C8H6BrF3OS. The molecule has 6 heteroatoms. The van der Waals surface area contributed by atoms with Crippen molar-refractivity contribution in [2.24, 2.45) is 0 Å². The molecule has 0 radical (unpaired) electrons. The van der Waals surface area contributed by atoms with E-state index in [1.165, 1.54) is 19.2 Å². The van der Waals surface area contributed by atoms with Crippen LogP contribution in [0.5, 0.6) is 5.75 Å². The summed E-state index contributed by atoms with van der Waals surface area (Å²) in [5, 5.41) is 0. The summed E-state index contributed by atoms with van der Waals surface area (Å²) in [4.78, 5) is -0.163. The summed E-state index contributed by atoms with van der Waals surface area (Å²) >= 11 is 6.81. The van der Waals surface area contributed by atoms with E-state index in [0.29, 0.717) is 4.47 Å². The Morgan fingerprint density at radius 1 is 1.36 bits per heavy atom. The van der Waals surface area contributed by atoms with Gasteiger partial charge in [-0.15, -0.1) is 12.6 Å². The Labute approximate surface area is 92.8 Å². The minimum absolute atomic E-state index is 0.163. The van der Waals surface area contributed by atoms with Crippen LogP contribution in [0.25, 0.3) is 0 Å². The molecule has 14 heavy (non-hydrogen) atoms. The highest BCUT2D eigenvalue weighted by Gasteiger charge is 2.36. The number of benzene rings is 1. The normalized spacial score (nSPS) is 11.6. The van der Waals surface area contributed by atoms with Crippen molar-refractivity contribution < 1.29 is 17.9 Å². The highest BCUT2D eigenvalue weighted by Crippen LogP contribution is 2.41. The summed E-state index contributed by atoms with van der Waals surface area (Å²) in [6, 6.07) is 2.52. The van der Waals surface area contributed by atoms with Crippen LogP contribution < -0.4 is 4.74 Å². The van der Waals surface area contributed by atoms with Crippen molar-refractivity contribution >= 4 is 28.6 Å². The smallest absolute Gasteiger partial charge is 0.421 e. The third-order valence-corrected chi connectivity index (χ3v) is 2.36. The van der Waals surface area contributed by atoms with Crippen molar-refractivity contribution in [1.29, 1.82) is 0 Å². The summed E-state index contributed by atoms with van der Waals surface area (Å²) in [6.07, 6.45) is -4.46. The van der Waals surface area contributed by atoms with Crippen molar-refractivity contribution in [3.8, 4) is 5.75 Å². The van der Waals surface area contributed by atoms with Crippen LogP contribution in [-0.2, 0) is 6.18 Å². The average Bonchev–Trinajstić information content (AvgIpc) is 1.99. The molecule has 1 rings (SSSR count). The Morgan fingerprint density at radius 2 is 1.93 bits per heavy atom. The van der Waals surface area contributed by atoms with Gasteiger partial charge in [-0.1, -0.05) is 15.9 Å². The highest BCUT2D eigenvalue weighted by atomic mass is 79.9. The second-order valence-electron chi connectivity index (χ2n) is 2.50. The zero-order chi connectivity index (χ0) is 10.9. The number of hydrogen-bond acceptors (Lipinski definition) is 2. The van der Waals surface area contributed by atoms with E-state index < -0.39 is 11.7 Å². The topological polar surface area (TPSA) is 9.23 Å². The van der Waals surface area contributed by atoms with Crippen LogP contribution in [-0.4, -0.2) is 7.11 Å². The van der Waals surface area contributed by atoms with E-state index in [0.717, 1.165) is 0 Å². The van der Waals surface area contributed by atoms with E-state index in [4.69, 9.17) is 0 Å². The lowest BCUT2D eigenvalue weighted by atomic mass is 10.2.